The Morgan fingerprint density at radius 2 is 2.22 bits per heavy atom. The highest BCUT2D eigenvalue weighted by atomic mass is 35.5. The van der Waals surface area contributed by atoms with E-state index < -0.39 is 0 Å². The number of benzene rings is 1. The van der Waals surface area contributed by atoms with Gasteiger partial charge in [0.1, 0.15) is 0 Å². The quantitative estimate of drug-likeness (QED) is 0.924. The molecule has 0 spiro atoms. The molecule has 1 aromatic carbocycles. The van der Waals surface area contributed by atoms with Crippen molar-refractivity contribution in [3.63, 3.8) is 0 Å². The topological polar surface area (TPSA) is 29.3 Å². The summed E-state index contributed by atoms with van der Waals surface area (Å²) < 4.78 is 0.317. The molecule has 18 heavy (non-hydrogen) atoms. The van der Waals surface area contributed by atoms with Gasteiger partial charge in [0.05, 0.1) is 0 Å². The number of halogens is 1. The summed E-state index contributed by atoms with van der Waals surface area (Å²) in [6.07, 6.45) is 0.889. The Labute approximate surface area is 119 Å². The van der Waals surface area contributed by atoms with E-state index in [0.717, 1.165) is 24.5 Å². The minimum atomic E-state index is 0.317. The average molecular weight is 285 g/mol. The minimum absolute atomic E-state index is 0.317. The van der Waals surface area contributed by atoms with E-state index >= 15 is 0 Å². The first-order valence-corrected chi connectivity index (χ1v) is 7.75. The average Bonchev–Trinajstić information content (AvgIpc) is 2.28. The molecule has 1 aromatic rings. The van der Waals surface area contributed by atoms with Gasteiger partial charge in [0.25, 0.3) is 0 Å². The highest BCUT2D eigenvalue weighted by molar-refractivity contribution is 8.00. The number of anilines is 1. The number of nitrogens with two attached hydrogens (primary N) is 1. The zero-order valence-corrected chi connectivity index (χ0v) is 12.7. The fraction of sp³-hybridized carbons (Fsp3) is 0.571. The molecule has 0 amide bonds. The molecule has 4 heteroatoms. The van der Waals surface area contributed by atoms with Gasteiger partial charge in [-0.05, 0) is 50.6 Å². The van der Waals surface area contributed by atoms with E-state index in [9.17, 15) is 0 Å². The van der Waals surface area contributed by atoms with Crippen molar-refractivity contribution in [1.82, 2.24) is 0 Å². The van der Waals surface area contributed by atoms with Crippen LogP contribution in [-0.2, 0) is 6.42 Å². The Morgan fingerprint density at radius 3 is 2.89 bits per heavy atom. The Bertz CT molecular complexity index is 420. The van der Waals surface area contributed by atoms with E-state index in [2.05, 4.69) is 30.9 Å². The lowest BCUT2D eigenvalue weighted by atomic mass is 10.1. The van der Waals surface area contributed by atoms with Gasteiger partial charge in [-0.2, -0.15) is 11.8 Å². The molecular formula is C14H21ClN2S. The molecule has 0 aliphatic carbocycles. The fourth-order valence-corrected chi connectivity index (χ4v) is 3.75. The summed E-state index contributed by atoms with van der Waals surface area (Å²) in [6, 6.07) is 6.17. The molecule has 1 saturated heterocycles. The van der Waals surface area contributed by atoms with Gasteiger partial charge in [-0.25, -0.2) is 0 Å². The van der Waals surface area contributed by atoms with Gasteiger partial charge in [0.2, 0.25) is 0 Å². The summed E-state index contributed by atoms with van der Waals surface area (Å²) in [7, 11) is 0. The van der Waals surface area contributed by atoms with Crippen molar-refractivity contribution < 1.29 is 0 Å². The van der Waals surface area contributed by atoms with Crippen molar-refractivity contribution in [2.75, 3.05) is 30.3 Å². The predicted octanol–water partition coefficient (Wildman–Crippen LogP) is 3.17. The molecule has 0 radical (unpaired) electrons. The summed E-state index contributed by atoms with van der Waals surface area (Å²) in [5, 5.41) is 0.799. The lowest BCUT2D eigenvalue weighted by Crippen LogP contribution is -2.43. The monoisotopic (exact) mass is 284 g/mol. The maximum absolute atomic E-state index is 6.08. The number of rotatable bonds is 3. The summed E-state index contributed by atoms with van der Waals surface area (Å²) in [4.78, 5) is 2.47. The van der Waals surface area contributed by atoms with E-state index in [0.29, 0.717) is 11.3 Å². The zero-order chi connectivity index (χ0) is 13.2. The molecule has 1 fully saturated rings. The van der Waals surface area contributed by atoms with Crippen LogP contribution in [0.2, 0.25) is 5.02 Å². The number of thioether (sulfide) groups is 1. The molecule has 1 heterocycles. The zero-order valence-electron chi connectivity index (χ0n) is 11.1. The summed E-state index contributed by atoms with van der Waals surface area (Å²) in [6.45, 7) is 7.47. The minimum Gasteiger partial charge on any atom is -0.369 e. The lowest BCUT2D eigenvalue weighted by molar-refractivity contribution is 0.645. The summed E-state index contributed by atoms with van der Waals surface area (Å²) in [5.74, 6) is 1.18. The molecule has 2 nitrogen and oxygen atoms in total. The number of hydrogen-bond donors (Lipinski definition) is 1. The molecule has 0 bridgehead atoms. The smallest absolute Gasteiger partial charge is 0.0410 e. The highest BCUT2D eigenvalue weighted by Gasteiger charge is 2.27. The first-order valence-electron chi connectivity index (χ1n) is 6.39. The second kappa shape index (κ2) is 5.72. The van der Waals surface area contributed by atoms with E-state index in [1.54, 1.807) is 0 Å². The van der Waals surface area contributed by atoms with Gasteiger partial charge in [-0.3, -0.25) is 0 Å². The largest absolute Gasteiger partial charge is 0.369 e. The van der Waals surface area contributed by atoms with E-state index in [1.165, 1.54) is 17.0 Å². The maximum Gasteiger partial charge on any atom is 0.0410 e. The molecule has 1 aliphatic rings. The van der Waals surface area contributed by atoms with Crippen LogP contribution in [0.1, 0.15) is 19.4 Å². The van der Waals surface area contributed by atoms with Crippen molar-refractivity contribution in [2.45, 2.75) is 25.0 Å². The van der Waals surface area contributed by atoms with Crippen molar-refractivity contribution in [1.29, 1.82) is 0 Å². The first-order chi connectivity index (χ1) is 8.52. The lowest BCUT2D eigenvalue weighted by Gasteiger charge is -2.39. The van der Waals surface area contributed by atoms with Gasteiger partial charge in [0, 0.05) is 34.3 Å². The summed E-state index contributed by atoms with van der Waals surface area (Å²) >= 11 is 8.13. The van der Waals surface area contributed by atoms with Crippen LogP contribution in [0.15, 0.2) is 18.2 Å². The van der Waals surface area contributed by atoms with Gasteiger partial charge in [-0.1, -0.05) is 11.6 Å². The Kier molecular flexibility index (Phi) is 4.46. The fourth-order valence-electron chi connectivity index (χ4n) is 2.44. The second-order valence-electron chi connectivity index (χ2n) is 5.34. The van der Waals surface area contributed by atoms with Crippen molar-refractivity contribution >= 4 is 29.1 Å². The standard InChI is InChI=1S/C14H21ClN2S/c1-14(2)10-17(7-8-18-14)13-4-3-12(15)9-11(13)5-6-16/h3-4,9H,5-8,10,16H2,1-2H3. The Morgan fingerprint density at radius 1 is 1.44 bits per heavy atom. The van der Waals surface area contributed by atoms with E-state index in [-0.39, 0.29) is 0 Å². The van der Waals surface area contributed by atoms with Crippen LogP contribution in [-0.4, -0.2) is 30.1 Å². The van der Waals surface area contributed by atoms with Crippen LogP contribution < -0.4 is 10.6 Å². The molecule has 1 aliphatic heterocycles. The van der Waals surface area contributed by atoms with Crippen molar-refractivity contribution in [3.05, 3.63) is 28.8 Å². The van der Waals surface area contributed by atoms with Gasteiger partial charge >= 0.3 is 0 Å². The van der Waals surface area contributed by atoms with Gasteiger partial charge < -0.3 is 10.6 Å². The Hall–Kier alpha value is -0.380. The molecule has 0 aromatic heterocycles. The molecular weight excluding hydrogens is 264 g/mol. The van der Waals surface area contributed by atoms with Crippen LogP contribution in [0.5, 0.6) is 0 Å². The third-order valence-electron chi connectivity index (χ3n) is 3.22. The third-order valence-corrected chi connectivity index (χ3v) is 4.75. The Balaban J connectivity index is 2.26. The maximum atomic E-state index is 6.08. The number of nitrogens with zero attached hydrogens (tertiary/aromatic N) is 1. The van der Waals surface area contributed by atoms with Crippen LogP contribution in [0.4, 0.5) is 5.69 Å². The van der Waals surface area contributed by atoms with Crippen LogP contribution in [0, 0.1) is 0 Å². The van der Waals surface area contributed by atoms with E-state index in [4.69, 9.17) is 17.3 Å². The first kappa shape index (κ1) is 14.0. The highest BCUT2D eigenvalue weighted by Crippen LogP contribution is 2.34. The SMILES string of the molecule is CC1(C)CN(c2ccc(Cl)cc2CCN)CCS1. The molecule has 100 valence electrons. The van der Waals surface area contributed by atoms with Crippen molar-refractivity contribution in [2.24, 2.45) is 5.73 Å². The molecule has 0 unspecified atom stereocenters. The van der Waals surface area contributed by atoms with Crippen LogP contribution >= 0.6 is 23.4 Å². The van der Waals surface area contributed by atoms with Gasteiger partial charge in [-0.15, -0.1) is 0 Å². The van der Waals surface area contributed by atoms with E-state index in [1.807, 2.05) is 17.8 Å². The normalized spacial score (nSPS) is 19.0. The van der Waals surface area contributed by atoms with Crippen LogP contribution in [0.25, 0.3) is 0 Å². The number of hydrogen-bond acceptors (Lipinski definition) is 3. The van der Waals surface area contributed by atoms with Gasteiger partial charge in [0.15, 0.2) is 0 Å². The van der Waals surface area contributed by atoms with Crippen LogP contribution in [0.3, 0.4) is 0 Å². The molecule has 2 N–H and O–H groups in total. The molecule has 0 saturated carbocycles. The molecule has 2 rings (SSSR count). The second-order valence-corrected chi connectivity index (χ2v) is 7.58. The molecule has 0 atom stereocenters. The summed E-state index contributed by atoms with van der Waals surface area (Å²) in [5.41, 5.74) is 8.27. The van der Waals surface area contributed by atoms with Crippen molar-refractivity contribution in [3.8, 4) is 0 Å². The predicted molar refractivity (Wildman–Crippen MR) is 83.0 cm³/mol. The third kappa shape index (κ3) is 3.34.